The number of rotatable bonds is 8. The summed E-state index contributed by atoms with van der Waals surface area (Å²) in [5, 5.41) is 5.17. The smallest absolute Gasteiger partial charge is 0.231 e. The average Bonchev–Trinajstić information content (AvgIpc) is 2.73. The highest BCUT2D eigenvalue weighted by molar-refractivity contribution is 5.96. The van der Waals surface area contributed by atoms with Crippen molar-refractivity contribution >= 4 is 22.4 Å². The minimum absolute atomic E-state index is 0.0347. The number of carbonyl (C=O) groups is 1. The SMILES string of the molecule is CCCCOc1ccc(NC(=O)[C@@H](C)c2ccc3cc(OC)ccc3c2)cc1. The van der Waals surface area contributed by atoms with Crippen molar-refractivity contribution in [3.63, 3.8) is 0 Å². The Morgan fingerprint density at radius 2 is 1.64 bits per heavy atom. The van der Waals surface area contributed by atoms with E-state index < -0.39 is 0 Å². The molecule has 0 radical (unpaired) electrons. The van der Waals surface area contributed by atoms with Gasteiger partial charge in [0.2, 0.25) is 5.91 Å². The number of nitrogens with one attached hydrogen (secondary N) is 1. The largest absolute Gasteiger partial charge is 0.497 e. The molecule has 0 aliphatic rings. The minimum atomic E-state index is -0.257. The van der Waals surface area contributed by atoms with Crippen molar-refractivity contribution in [2.24, 2.45) is 0 Å². The molecule has 28 heavy (non-hydrogen) atoms. The second-order valence-corrected chi connectivity index (χ2v) is 6.91. The Bertz CT molecular complexity index is 934. The number of ether oxygens (including phenoxy) is 2. The lowest BCUT2D eigenvalue weighted by molar-refractivity contribution is -0.117. The van der Waals surface area contributed by atoms with Gasteiger partial charge in [-0.3, -0.25) is 4.79 Å². The summed E-state index contributed by atoms with van der Waals surface area (Å²) in [7, 11) is 1.66. The van der Waals surface area contributed by atoms with Gasteiger partial charge < -0.3 is 14.8 Å². The van der Waals surface area contributed by atoms with Crippen LogP contribution in [0.15, 0.2) is 60.7 Å². The predicted octanol–water partition coefficient (Wildman–Crippen LogP) is 5.77. The number of hydrogen-bond acceptors (Lipinski definition) is 3. The lowest BCUT2D eigenvalue weighted by atomic mass is 9.97. The number of unbranched alkanes of at least 4 members (excludes halogenated alkanes) is 1. The van der Waals surface area contributed by atoms with Gasteiger partial charge >= 0.3 is 0 Å². The lowest BCUT2D eigenvalue weighted by Gasteiger charge is -2.14. The number of amides is 1. The van der Waals surface area contributed by atoms with Crippen molar-refractivity contribution in [2.45, 2.75) is 32.6 Å². The summed E-state index contributed by atoms with van der Waals surface area (Å²) in [6, 6.07) is 19.5. The number of anilines is 1. The van der Waals surface area contributed by atoms with Gasteiger partial charge in [0.1, 0.15) is 11.5 Å². The van der Waals surface area contributed by atoms with Crippen molar-refractivity contribution in [1.29, 1.82) is 0 Å². The molecule has 0 aromatic heterocycles. The van der Waals surface area contributed by atoms with E-state index in [1.807, 2.05) is 61.5 Å². The molecule has 0 fully saturated rings. The molecule has 0 saturated carbocycles. The van der Waals surface area contributed by atoms with Crippen LogP contribution in [-0.4, -0.2) is 19.6 Å². The standard InChI is InChI=1S/C24H27NO3/c1-4-5-14-28-22-12-9-21(10-13-22)25-24(26)17(2)18-6-7-20-16-23(27-3)11-8-19(20)15-18/h6-13,15-17H,4-5,14H2,1-3H3,(H,25,26)/t17-/m0/s1. The van der Waals surface area contributed by atoms with E-state index in [1.165, 1.54) is 0 Å². The van der Waals surface area contributed by atoms with E-state index in [0.717, 1.165) is 46.4 Å². The molecule has 3 aromatic carbocycles. The van der Waals surface area contributed by atoms with Gasteiger partial charge in [-0.2, -0.15) is 0 Å². The maximum atomic E-state index is 12.7. The molecule has 0 saturated heterocycles. The molecule has 0 heterocycles. The van der Waals surface area contributed by atoms with Crippen molar-refractivity contribution < 1.29 is 14.3 Å². The van der Waals surface area contributed by atoms with Crippen LogP contribution in [0.5, 0.6) is 11.5 Å². The first-order valence-electron chi connectivity index (χ1n) is 9.72. The molecular weight excluding hydrogens is 350 g/mol. The fourth-order valence-electron chi connectivity index (χ4n) is 3.01. The van der Waals surface area contributed by atoms with E-state index in [4.69, 9.17) is 9.47 Å². The van der Waals surface area contributed by atoms with Crippen LogP contribution in [0.25, 0.3) is 10.8 Å². The molecule has 3 rings (SSSR count). The van der Waals surface area contributed by atoms with E-state index in [-0.39, 0.29) is 11.8 Å². The average molecular weight is 377 g/mol. The Hall–Kier alpha value is -3.01. The second-order valence-electron chi connectivity index (χ2n) is 6.91. The van der Waals surface area contributed by atoms with E-state index >= 15 is 0 Å². The maximum absolute atomic E-state index is 12.7. The van der Waals surface area contributed by atoms with Crippen molar-refractivity contribution in [1.82, 2.24) is 0 Å². The van der Waals surface area contributed by atoms with Crippen LogP contribution in [0.1, 0.15) is 38.2 Å². The highest BCUT2D eigenvalue weighted by Crippen LogP contribution is 2.26. The van der Waals surface area contributed by atoms with Gasteiger partial charge in [0.25, 0.3) is 0 Å². The molecule has 146 valence electrons. The molecule has 0 aliphatic heterocycles. The van der Waals surface area contributed by atoms with Crippen molar-refractivity contribution in [3.8, 4) is 11.5 Å². The lowest BCUT2D eigenvalue weighted by Crippen LogP contribution is -2.18. The third-order valence-corrected chi connectivity index (χ3v) is 4.85. The summed E-state index contributed by atoms with van der Waals surface area (Å²) in [4.78, 5) is 12.7. The summed E-state index contributed by atoms with van der Waals surface area (Å²) in [6.07, 6.45) is 2.14. The van der Waals surface area contributed by atoms with Crippen LogP contribution in [0.4, 0.5) is 5.69 Å². The number of fused-ring (bicyclic) bond motifs is 1. The molecule has 0 unspecified atom stereocenters. The van der Waals surface area contributed by atoms with E-state index in [0.29, 0.717) is 6.61 Å². The molecule has 1 N–H and O–H groups in total. The zero-order valence-electron chi connectivity index (χ0n) is 16.7. The maximum Gasteiger partial charge on any atom is 0.231 e. The Morgan fingerprint density at radius 1 is 0.964 bits per heavy atom. The van der Waals surface area contributed by atoms with Gasteiger partial charge in [0, 0.05) is 5.69 Å². The van der Waals surface area contributed by atoms with Gasteiger partial charge in [0.15, 0.2) is 0 Å². The van der Waals surface area contributed by atoms with Gasteiger partial charge in [0.05, 0.1) is 19.6 Å². The van der Waals surface area contributed by atoms with Gasteiger partial charge in [-0.25, -0.2) is 0 Å². The molecule has 1 amide bonds. The molecule has 4 heteroatoms. The fourth-order valence-corrected chi connectivity index (χ4v) is 3.01. The molecule has 0 spiro atoms. The summed E-state index contributed by atoms with van der Waals surface area (Å²) in [5.41, 5.74) is 1.75. The molecule has 3 aromatic rings. The first-order valence-corrected chi connectivity index (χ1v) is 9.72. The van der Waals surface area contributed by atoms with Crippen molar-refractivity contribution in [3.05, 3.63) is 66.2 Å². The summed E-state index contributed by atoms with van der Waals surface area (Å²) in [5.74, 6) is 1.36. The van der Waals surface area contributed by atoms with Gasteiger partial charge in [-0.15, -0.1) is 0 Å². The van der Waals surface area contributed by atoms with E-state index in [2.05, 4.69) is 18.3 Å². The third kappa shape index (κ3) is 4.83. The highest BCUT2D eigenvalue weighted by Gasteiger charge is 2.16. The Balaban J connectivity index is 1.66. The minimum Gasteiger partial charge on any atom is -0.497 e. The third-order valence-electron chi connectivity index (χ3n) is 4.85. The van der Waals surface area contributed by atoms with Gasteiger partial charge in [-0.1, -0.05) is 37.6 Å². The number of benzene rings is 3. The monoisotopic (exact) mass is 377 g/mol. The van der Waals surface area contributed by atoms with Crippen LogP contribution < -0.4 is 14.8 Å². The Kier molecular flexibility index (Phi) is 6.53. The zero-order chi connectivity index (χ0) is 19.9. The first-order chi connectivity index (χ1) is 13.6. The predicted molar refractivity (Wildman–Crippen MR) is 114 cm³/mol. The summed E-state index contributed by atoms with van der Waals surface area (Å²) in [6.45, 7) is 4.77. The second kappa shape index (κ2) is 9.27. The quantitative estimate of drug-likeness (QED) is 0.507. The Morgan fingerprint density at radius 3 is 2.36 bits per heavy atom. The topological polar surface area (TPSA) is 47.6 Å². The van der Waals surface area contributed by atoms with Crippen LogP contribution in [0.3, 0.4) is 0 Å². The molecule has 0 bridgehead atoms. The summed E-state index contributed by atoms with van der Waals surface area (Å²) < 4.78 is 10.9. The van der Waals surface area contributed by atoms with Crippen LogP contribution in [-0.2, 0) is 4.79 Å². The molecule has 4 nitrogen and oxygen atoms in total. The van der Waals surface area contributed by atoms with Crippen LogP contribution in [0, 0.1) is 0 Å². The summed E-state index contributed by atoms with van der Waals surface area (Å²) >= 11 is 0. The molecular formula is C24H27NO3. The normalized spacial score (nSPS) is 11.8. The van der Waals surface area contributed by atoms with E-state index in [1.54, 1.807) is 7.11 Å². The number of hydrogen-bond donors (Lipinski definition) is 1. The highest BCUT2D eigenvalue weighted by atomic mass is 16.5. The Labute approximate surface area is 166 Å². The number of methoxy groups -OCH3 is 1. The zero-order valence-corrected chi connectivity index (χ0v) is 16.7. The van der Waals surface area contributed by atoms with Crippen LogP contribution >= 0.6 is 0 Å². The molecule has 1 atom stereocenters. The van der Waals surface area contributed by atoms with Gasteiger partial charge in [-0.05, 0) is 66.1 Å². The van der Waals surface area contributed by atoms with Crippen LogP contribution in [0.2, 0.25) is 0 Å². The molecule has 0 aliphatic carbocycles. The van der Waals surface area contributed by atoms with E-state index in [9.17, 15) is 4.79 Å². The first kappa shape index (κ1) is 19.7. The number of carbonyl (C=O) groups excluding carboxylic acids is 1. The fraction of sp³-hybridized carbons (Fsp3) is 0.292. The van der Waals surface area contributed by atoms with Crippen molar-refractivity contribution in [2.75, 3.05) is 19.0 Å².